The molecule has 2 rings (SSSR count). The highest BCUT2D eigenvalue weighted by Crippen LogP contribution is 2.53. The molecule has 1 aliphatic rings. The Bertz CT molecular complexity index is 475. The summed E-state index contributed by atoms with van der Waals surface area (Å²) in [5, 5.41) is 9.02. The summed E-state index contributed by atoms with van der Waals surface area (Å²) in [5.74, 6) is 1.29. The SMILES string of the molecule is COc1c(N)c(C#N)c(OC)c2c1OCO2. The molecule has 0 fully saturated rings. The smallest absolute Gasteiger partial charge is 0.231 e. The molecular formula is C10H10N2O4. The van der Waals surface area contributed by atoms with Crippen LogP contribution in [0, 0.1) is 11.3 Å². The van der Waals surface area contributed by atoms with Crippen molar-refractivity contribution >= 4 is 5.69 Å². The lowest BCUT2D eigenvalue weighted by molar-refractivity contribution is 0.168. The van der Waals surface area contributed by atoms with Crippen LogP contribution in [-0.4, -0.2) is 21.0 Å². The van der Waals surface area contributed by atoms with Crippen molar-refractivity contribution in [2.24, 2.45) is 0 Å². The minimum atomic E-state index is 0.0520. The van der Waals surface area contributed by atoms with Gasteiger partial charge in [0.05, 0.1) is 14.2 Å². The molecule has 1 aromatic carbocycles. The van der Waals surface area contributed by atoms with Crippen LogP contribution in [0.5, 0.6) is 23.0 Å². The zero-order chi connectivity index (χ0) is 11.7. The number of nitriles is 1. The normalized spacial score (nSPS) is 12.1. The fourth-order valence-corrected chi connectivity index (χ4v) is 1.60. The number of anilines is 1. The maximum Gasteiger partial charge on any atom is 0.231 e. The highest BCUT2D eigenvalue weighted by Gasteiger charge is 2.30. The first-order valence-corrected chi connectivity index (χ1v) is 4.47. The Labute approximate surface area is 92.1 Å². The predicted molar refractivity (Wildman–Crippen MR) is 54.8 cm³/mol. The zero-order valence-electron chi connectivity index (χ0n) is 8.86. The third kappa shape index (κ3) is 1.18. The zero-order valence-corrected chi connectivity index (χ0v) is 8.86. The minimum absolute atomic E-state index is 0.0520. The average Bonchev–Trinajstić information content (AvgIpc) is 2.76. The predicted octanol–water partition coefficient (Wildman–Crippen LogP) is 0.886. The lowest BCUT2D eigenvalue weighted by Gasteiger charge is -2.13. The Kier molecular flexibility index (Phi) is 2.37. The van der Waals surface area contributed by atoms with Gasteiger partial charge in [-0.3, -0.25) is 0 Å². The Balaban J connectivity index is 2.79. The van der Waals surface area contributed by atoms with Crippen LogP contribution in [0.25, 0.3) is 0 Å². The molecule has 0 saturated heterocycles. The Morgan fingerprint density at radius 2 is 1.75 bits per heavy atom. The molecule has 84 valence electrons. The molecular weight excluding hydrogens is 212 g/mol. The van der Waals surface area contributed by atoms with E-state index in [9.17, 15) is 0 Å². The van der Waals surface area contributed by atoms with Crippen molar-refractivity contribution in [2.45, 2.75) is 0 Å². The van der Waals surface area contributed by atoms with Crippen LogP contribution in [-0.2, 0) is 0 Å². The fourth-order valence-electron chi connectivity index (χ4n) is 1.60. The Hall–Kier alpha value is -2.29. The third-order valence-electron chi connectivity index (χ3n) is 2.29. The van der Waals surface area contributed by atoms with Gasteiger partial charge in [0.25, 0.3) is 0 Å². The second-order valence-corrected chi connectivity index (χ2v) is 3.03. The number of benzene rings is 1. The van der Waals surface area contributed by atoms with Crippen molar-refractivity contribution in [3.05, 3.63) is 5.56 Å². The molecule has 6 heteroatoms. The van der Waals surface area contributed by atoms with Gasteiger partial charge >= 0.3 is 0 Å². The number of fused-ring (bicyclic) bond motifs is 1. The van der Waals surface area contributed by atoms with Gasteiger partial charge in [0.1, 0.15) is 17.3 Å². The van der Waals surface area contributed by atoms with E-state index in [4.69, 9.17) is 29.9 Å². The van der Waals surface area contributed by atoms with Gasteiger partial charge in [-0.25, -0.2) is 0 Å². The molecule has 1 aromatic rings. The van der Waals surface area contributed by atoms with E-state index in [1.807, 2.05) is 6.07 Å². The molecule has 1 heterocycles. The van der Waals surface area contributed by atoms with Gasteiger partial charge in [-0.2, -0.15) is 5.26 Å². The fraction of sp³-hybridized carbons (Fsp3) is 0.300. The van der Waals surface area contributed by atoms with Gasteiger partial charge in [-0.15, -0.1) is 0 Å². The lowest BCUT2D eigenvalue weighted by Crippen LogP contribution is -2.00. The second-order valence-electron chi connectivity index (χ2n) is 3.03. The van der Waals surface area contributed by atoms with Gasteiger partial charge in [-0.1, -0.05) is 0 Å². The van der Waals surface area contributed by atoms with E-state index in [1.165, 1.54) is 14.2 Å². The molecule has 0 atom stereocenters. The average molecular weight is 222 g/mol. The van der Waals surface area contributed by atoms with Crippen LogP contribution in [0.15, 0.2) is 0 Å². The summed E-state index contributed by atoms with van der Waals surface area (Å²) in [6.07, 6.45) is 0. The summed E-state index contributed by atoms with van der Waals surface area (Å²) >= 11 is 0. The monoisotopic (exact) mass is 222 g/mol. The van der Waals surface area contributed by atoms with Crippen LogP contribution in [0.1, 0.15) is 5.56 Å². The molecule has 0 saturated carbocycles. The standard InChI is InChI=1S/C10H10N2O4/c1-13-7-5(3-11)6(12)8(14-2)10-9(7)15-4-16-10/h4,12H2,1-2H3. The van der Waals surface area contributed by atoms with Gasteiger partial charge in [0.15, 0.2) is 11.5 Å². The van der Waals surface area contributed by atoms with Gasteiger partial charge < -0.3 is 24.7 Å². The van der Waals surface area contributed by atoms with Crippen LogP contribution in [0.3, 0.4) is 0 Å². The first-order chi connectivity index (χ1) is 7.74. The summed E-state index contributed by atoms with van der Waals surface area (Å²) in [6.45, 7) is 0.0520. The molecule has 2 N–H and O–H groups in total. The van der Waals surface area contributed by atoms with E-state index in [0.29, 0.717) is 17.2 Å². The quantitative estimate of drug-likeness (QED) is 0.747. The number of hydrogen-bond acceptors (Lipinski definition) is 6. The maximum absolute atomic E-state index is 9.02. The minimum Gasteiger partial charge on any atom is -0.491 e. The van der Waals surface area contributed by atoms with E-state index >= 15 is 0 Å². The van der Waals surface area contributed by atoms with E-state index < -0.39 is 0 Å². The Morgan fingerprint density at radius 1 is 1.19 bits per heavy atom. The number of hydrogen-bond donors (Lipinski definition) is 1. The van der Waals surface area contributed by atoms with E-state index in [1.54, 1.807) is 0 Å². The Morgan fingerprint density at radius 3 is 2.25 bits per heavy atom. The molecule has 0 spiro atoms. The van der Waals surface area contributed by atoms with E-state index in [2.05, 4.69) is 0 Å². The highest BCUT2D eigenvalue weighted by atomic mass is 16.7. The van der Waals surface area contributed by atoms with E-state index in [0.717, 1.165) is 0 Å². The van der Waals surface area contributed by atoms with Crippen molar-refractivity contribution in [1.29, 1.82) is 5.26 Å². The van der Waals surface area contributed by atoms with Crippen molar-refractivity contribution in [2.75, 3.05) is 26.7 Å². The van der Waals surface area contributed by atoms with Crippen molar-refractivity contribution in [1.82, 2.24) is 0 Å². The van der Waals surface area contributed by atoms with Crippen LogP contribution >= 0.6 is 0 Å². The summed E-state index contributed by atoms with van der Waals surface area (Å²) in [5.41, 5.74) is 6.16. The topological polar surface area (TPSA) is 86.7 Å². The summed E-state index contributed by atoms with van der Waals surface area (Å²) in [6, 6.07) is 1.95. The van der Waals surface area contributed by atoms with Crippen molar-refractivity contribution in [3.8, 4) is 29.1 Å². The number of nitrogens with two attached hydrogens (primary N) is 1. The number of rotatable bonds is 2. The van der Waals surface area contributed by atoms with Crippen LogP contribution in [0.4, 0.5) is 5.69 Å². The molecule has 0 aliphatic carbocycles. The van der Waals surface area contributed by atoms with Gasteiger partial charge in [0.2, 0.25) is 18.3 Å². The second kappa shape index (κ2) is 3.70. The maximum atomic E-state index is 9.02. The van der Waals surface area contributed by atoms with Crippen molar-refractivity contribution in [3.63, 3.8) is 0 Å². The molecule has 0 unspecified atom stereocenters. The number of ether oxygens (including phenoxy) is 4. The summed E-state index contributed by atoms with van der Waals surface area (Å²) in [4.78, 5) is 0. The highest BCUT2D eigenvalue weighted by molar-refractivity contribution is 5.79. The van der Waals surface area contributed by atoms with E-state index in [-0.39, 0.29) is 23.8 Å². The molecule has 0 bridgehead atoms. The first-order valence-electron chi connectivity index (χ1n) is 4.47. The summed E-state index contributed by atoms with van der Waals surface area (Å²) in [7, 11) is 2.88. The van der Waals surface area contributed by atoms with Crippen LogP contribution in [0.2, 0.25) is 0 Å². The van der Waals surface area contributed by atoms with Gasteiger partial charge in [-0.05, 0) is 0 Å². The molecule has 0 radical (unpaired) electrons. The molecule has 0 aromatic heterocycles. The first kappa shape index (κ1) is 10.2. The third-order valence-corrected chi connectivity index (χ3v) is 2.29. The number of nitrogens with zero attached hydrogens (tertiary/aromatic N) is 1. The largest absolute Gasteiger partial charge is 0.491 e. The molecule has 16 heavy (non-hydrogen) atoms. The molecule has 0 amide bonds. The summed E-state index contributed by atoms with van der Waals surface area (Å²) < 4.78 is 20.6. The lowest BCUT2D eigenvalue weighted by atomic mass is 10.1. The van der Waals surface area contributed by atoms with Crippen molar-refractivity contribution < 1.29 is 18.9 Å². The molecule has 1 aliphatic heterocycles. The number of methoxy groups -OCH3 is 2. The van der Waals surface area contributed by atoms with Crippen LogP contribution < -0.4 is 24.7 Å². The number of nitrogen functional groups attached to an aromatic ring is 1. The molecule has 6 nitrogen and oxygen atoms in total. The van der Waals surface area contributed by atoms with Gasteiger partial charge in [0, 0.05) is 0 Å².